The van der Waals surface area contributed by atoms with Crippen LogP contribution in [0, 0.1) is 0 Å². The van der Waals surface area contributed by atoms with Gasteiger partial charge in [-0.15, -0.1) is 8.93 Å². The average molecular weight is 310 g/mol. The Hall–Kier alpha value is 0.620. The molecule has 0 amide bonds. The van der Waals surface area contributed by atoms with Gasteiger partial charge in [-0.3, -0.25) is 4.90 Å². The van der Waals surface area contributed by atoms with Crippen LogP contribution in [0.4, 0.5) is 0 Å². The molecular formula is C8H18N4OP4. The zero-order valence-electron chi connectivity index (χ0n) is 9.83. The minimum Gasteiger partial charge on any atom is -0.474 e. The molecule has 96 valence electrons. The molecule has 0 saturated heterocycles. The SMILES string of the molecule is CCCN1CCOc2nnn(P(P)PP)c2C1. The molecular weight excluding hydrogens is 292 g/mol. The van der Waals surface area contributed by atoms with Gasteiger partial charge in [0.2, 0.25) is 0 Å². The largest absolute Gasteiger partial charge is 0.474 e. The molecule has 0 fully saturated rings. The van der Waals surface area contributed by atoms with E-state index in [9.17, 15) is 0 Å². The normalized spacial score (nSPS) is 19.0. The molecule has 0 bridgehead atoms. The fourth-order valence-corrected chi connectivity index (χ4v) is 4.82. The molecule has 0 N–H and O–H groups in total. The summed E-state index contributed by atoms with van der Waals surface area (Å²) >= 11 is 0. The van der Waals surface area contributed by atoms with E-state index in [4.69, 9.17) is 4.74 Å². The van der Waals surface area contributed by atoms with Crippen molar-refractivity contribution in [2.45, 2.75) is 19.9 Å². The summed E-state index contributed by atoms with van der Waals surface area (Å²) < 4.78 is 7.70. The molecule has 0 aliphatic carbocycles. The van der Waals surface area contributed by atoms with E-state index in [1.54, 1.807) is 0 Å². The van der Waals surface area contributed by atoms with Gasteiger partial charge < -0.3 is 4.74 Å². The molecule has 1 aromatic heterocycles. The van der Waals surface area contributed by atoms with E-state index in [1.165, 1.54) is 0 Å². The second-order valence-corrected chi connectivity index (χ2v) is 12.6. The van der Waals surface area contributed by atoms with Crippen molar-refractivity contribution in [2.24, 2.45) is 0 Å². The first-order chi connectivity index (χ1) is 8.26. The maximum Gasteiger partial charge on any atom is 0.258 e. The number of ether oxygens (including phenoxy) is 1. The second-order valence-electron chi connectivity index (χ2n) is 3.83. The number of fused-ring (bicyclic) bond motifs is 1. The van der Waals surface area contributed by atoms with Crippen molar-refractivity contribution in [3.8, 4) is 5.88 Å². The minimum atomic E-state index is -0.347. The zero-order chi connectivity index (χ0) is 12.3. The molecule has 17 heavy (non-hydrogen) atoms. The minimum absolute atomic E-state index is 0.347. The molecule has 0 aromatic carbocycles. The van der Waals surface area contributed by atoms with Crippen molar-refractivity contribution in [3.63, 3.8) is 0 Å². The van der Waals surface area contributed by atoms with Gasteiger partial charge in [-0.1, -0.05) is 26.2 Å². The van der Waals surface area contributed by atoms with Crippen LogP contribution in [0.2, 0.25) is 0 Å². The highest BCUT2D eigenvalue weighted by atomic mass is 32.6. The average Bonchev–Trinajstić information content (AvgIpc) is 2.61. The molecule has 4 atom stereocenters. The third kappa shape index (κ3) is 3.34. The number of nitrogens with zero attached hydrogens (tertiary/aromatic N) is 4. The van der Waals surface area contributed by atoms with Gasteiger partial charge >= 0.3 is 0 Å². The molecule has 1 aliphatic rings. The summed E-state index contributed by atoms with van der Waals surface area (Å²) in [7, 11) is 6.08. The van der Waals surface area contributed by atoms with Crippen molar-refractivity contribution in [1.29, 1.82) is 0 Å². The highest BCUT2D eigenvalue weighted by Crippen LogP contribution is 2.66. The Morgan fingerprint density at radius 1 is 1.59 bits per heavy atom. The molecule has 4 unspecified atom stereocenters. The Morgan fingerprint density at radius 3 is 3.12 bits per heavy atom. The first kappa shape index (κ1) is 14.0. The van der Waals surface area contributed by atoms with Gasteiger partial charge in [0, 0.05) is 13.1 Å². The van der Waals surface area contributed by atoms with Crippen LogP contribution in [0.1, 0.15) is 19.0 Å². The summed E-state index contributed by atoms with van der Waals surface area (Å²) in [6, 6.07) is 0. The third-order valence-electron chi connectivity index (χ3n) is 2.60. The summed E-state index contributed by atoms with van der Waals surface area (Å²) in [5.41, 5.74) is 1.13. The van der Waals surface area contributed by atoms with Crippen molar-refractivity contribution in [2.75, 3.05) is 19.7 Å². The van der Waals surface area contributed by atoms with Gasteiger partial charge in [0.25, 0.3) is 5.88 Å². The lowest BCUT2D eigenvalue weighted by Crippen LogP contribution is -2.27. The smallest absolute Gasteiger partial charge is 0.258 e. The van der Waals surface area contributed by atoms with Crippen molar-refractivity contribution in [3.05, 3.63) is 5.69 Å². The van der Waals surface area contributed by atoms with Crippen LogP contribution in [0.15, 0.2) is 0 Å². The predicted molar refractivity (Wildman–Crippen MR) is 81.1 cm³/mol. The van der Waals surface area contributed by atoms with Crippen molar-refractivity contribution < 1.29 is 4.74 Å². The highest BCUT2D eigenvalue weighted by molar-refractivity contribution is 8.60. The fourth-order valence-electron chi connectivity index (χ4n) is 1.82. The van der Waals surface area contributed by atoms with E-state index in [0.717, 1.165) is 45.6 Å². The number of hydrogen-bond acceptors (Lipinski definition) is 4. The third-order valence-corrected chi connectivity index (χ3v) is 12.0. The van der Waals surface area contributed by atoms with E-state index in [2.05, 4.69) is 40.0 Å². The Labute approximate surface area is 109 Å². The van der Waals surface area contributed by atoms with E-state index in [1.807, 2.05) is 4.45 Å². The van der Waals surface area contributed by atoms with Crippen LogP contribution in [0.3, 0.4) is 0 Å². The molecule has 2 rings (SSSR count). The van der Waals surface area contributed by atoms with Crippen LogP contribution in [0.25, 0.3) is 0 Å². The summed E-state index contributed by atoms with van der Waals surface area (Å²) in [5.74, 6) is 0.724. The summed E-state index contributed by atoms with van der Waals surface area (Å²) in [5, 5.41) is 8.36. The van der Waals surface area contributed by atoms with E-state index >= 15 is 0 Å². The maximum absolute atomic E-state index is 5.66. The molecule has 0 spiro atoms. The number of aromatic nitrogens is 3. The van der Waals surface area contributed by atoms with Gasteiger partial charge in [0.05, 0.1) is 7.45 Å². The number of hydrogen-bond donors (Lipinski definition) is 0. The zero-order valence-corrected chi connectivity index (χ0v) is 14.0. The molecule has 9 heteroatoms. The van der Waals surface area contributed by atoms with Crippen LogP contribution in [-0.2, 0) is 6.54 Å². The summed E-state index contributed by atoms with van der Waals surface area (Å²) in [4.78, 5) is 2.41. The Balaban J connectivity index is 2.21. The molecule has 0 radical (unpaired) electrons. The van der Waals surface area contributed by atoms with E-state index < -0.39 is 0 Å². The molecule has 1 aromatic rings. The molecule has 2 heterocycles. The quantitative estimate of drug-likeness (QED) is 0.801. The molecule has 1 aliphatic heterocycles. The Kier molecular flexibility index (Phi) is 5.52. The summed E-state index contributed by atoms with van der Waals surface area (Å²) in [6.45, 7) is 5.89. The van der Waals surface area contributed by atoms with Crippen LogP contribution in [-0.4, -0.2) is 39.4 Å². The lowest BCUT2D eigenvalue weighted by atomic mass is 10.3. The molecule has 0 saturated carbocycles. The fraction of sp³-hybridized carbons (Fsp3) is 0.750. The van der Waals surface area contributed by atoms with Gasteiger partial charge in [-0.05, 0) is 20.9 Å². The summed E-state index contributed by atoms with van der Waals surface area (Å²) in [6.07, 6.45) is 1.16. The van der Waals surface area contributed by atoms with Gasteiger partial charge in [0.15, 0.2) is 0 Å². The van der Waals surface area contributed by atoms with Gasteiger partial charge in [-0.25, -0.2) is 4.45 Å². The second kappa shape index (κ2) is 6.69. The lowest BCUT2D eigenvalue weighted by Gasteiger charge is -2.19. The Bertz CT molecular complexity index is 374. The first-order valence-corrected chi connectivity index (χ1v) is 12.1. The lowest BCUT2D eigenvalue weighted by molar-refractivity contribution is 0.220. The number of rotatable bonds is 4. The predicted octanol–water partition coefficient (Wildman–Crippen LogP) is 2.30. The van der Waals surface area contributed by atoms with Crippen LogP contribution < -0.4 is 4.74 Å². The monoisotopic (exact) mass is 310 g/mol. The topological polar surface area (TPSA) is 43.2 Å². The first-order valence-electron chi connectivity index (χ1n) is 5.57. The maximum atomic E-state index is 5.66. The highest BCUT2D eigenvalue weighted by Gasteiger charge is 2.23. The van der Waals surface area contributed by atoms with E-state index in [0.29, 0.717) is 6.61 Å². The van der Waals surface area contributed by atoms with Crippen molar-refractivity contribution in [1.82, 2.24) is 19.7 Å². The standard InChI is InChI=1S/C8H18N4OP4/c1-2-3-11-4-5-13-8-7(6-11)12(10-9-8)17(15)16-14/h16H,2-6,14-15H2,1H3. The van der Waals surface area contributed by atoms with E-state index in [-0.39, 0.29) is 7.45 Å². The molecule has 5 nitrogen and oxygen atoms in total. The Morgan fingerprint density at radius 2 is 2.41 bits per heavy atom. The van der Waals surface area contributed by atoms with Gasteiger partial charge in [0.1, 0.15) is 12.3 Å². The van der Waals surface area contributed by atoms with Crippen molar-refractivity contribution >= 4 is 33.3 Å². The van der Waals surface area contributed by atoms with Gasteiger partial charge in [-0.2, -0.15) is 0 Å². The van der Waals surface area contributed by atoms with Crippen LogP contribution in [0.5, 0.6) is 5.88 Å². The van der Waals surface area contributed by atoms with Crippen LogP contribution >= 0.6 is 33.3 Å².